The minimum Gasteiger partial charge on any atom is -0.292 e. The maximum Gasteiger partial charge on any atom is 0.141 e. The van der Waals surface area contributed by atoms with Gasteiger partial charge in [0.15, 0.2) is 0 Å². The largest absolute Gasteiger partial charge is 0.292 e. The van der Waals surface area contributed by atoms with E-state index in [1.54, 1.807) is 0 Å². The Balaban J connectivity index is 1.73. The highest BCUT2D eigenvalue weighted by atomic mass is 32.2. The first-order chi connectivity index (χ1) is 10.3. The van der Waals surface area contributed by atoms with E-state index < -0.39 is 5.54 Å². The fourth-order valence-electron chi connectivity index (χ4n) is 3.11. The summed E-state index contributed by atoms with van der Waals surface area (Å²) in [6.45, 7) is 0. The summed E-state index contributed by atoms with van der Waals surface area (Å²) in [6, 6.07) is 13.5. The van der Waals surface area contributed by atoms with E-state index in [0.29, 0.717) is 6.04 Å². The minimum atomic E-state index is -0.509. The molecule has 0 radical (unpaired) electrons. The number of nitriles is 1. The van der Waals surface area contributed by atoms with E-state index in [9.17, 15) is 5.26 Å². The molecule has 2 aliphatic carbocycles. The van der Waals surface area contributed by atoms with E-state index in [1.807, 2.05) is 30.0 Å². The van der Waals surface area contributed by atoms with Gasteiger partial charge < -0.3 is 0 Å². The molecule has 1 atom stereocenters. The highest BCUT2D eigenvalue weighted by Crippen LogP contribution is 2.35. The van der Waals surface area contributed by atoms with E-state index in [0.717, 1.165) is 16.6 Å². The average Bonchev–Trinajstić information content (AvgIpc) is 3.37. The smallest absolute Gasteiger partial charge is 0.141 e. The fraction of sp³-hybridized carbons (Fsp3) is 0.611. The van der Waals surface area contributed by atoms with Crippen molar-refractivity contribution in [2.75, 3.05) is 5.75 Å². The maximum absolute atomic E-state index is 9.91. The van der Waals surface area contributed by atoms with Gasteiger partial charge in [0.1, 0.15) is 5.54 Å². The van der Waals surface area contributed by atoms with Gasteiger partial charge in [0.05, 0.1) is 6.07 Å². The number of thioether (sulfide) groups is 1. The first-order valence-electron chi connectivity index (χ1n) is 8.18. The van der Waals surface area contributed by atoms with Crippen LogP contribution in [0.4, 0.5) is 0 Å². The Kier molecular flexibility index (Phi) is 4.87. The molecule has 3 rings (SSSR count). The minimum absolute atomic E-state index is 0.509. The second kappa shape index (κ2) is 6.85. The van der Waals surface area contributed by atoms with Crippen molar-refractivity contribution < 1.29 is 0 Å². The van der Waals surface area contributed by atoms with Gasteiger partial charge >= 0.3 is 0 Å². The standard InChI is InChI=1S/C18H24N2S/c19-13-18(20-16-11-12-16,15-7-3-1-4-8-15)14-21-17-9-5-2-6-10-17/h1,3-4,7-8,16-17,20H,2,5-6,9-12,14H2. The number of rotatable bonds is 6. The van der Waals surface area contributed by atoms with Crippen molar-refractivity contribution in [3.8, 4) is 6.07 Å². The third-order valence-corrected chi connectivity index (χ3v) is 6.12. The molecule has 1 unspecified atom stereocenters. The Hall–Kier alpha value is -0.980. The van der Waals surface area contributed by atoms with Crippen molar-refractivity contribution in [2.24, 2.45) is 0 Å². The molecule has 0 amide bonds. The van der Waals surface area contributed by atoms with E-state index in [1.165, 1.54) is 44.9 Å². The molecule has 0 saturated heterocycles. The van der Waals surface area contributed by atoms with Crippen LogP contribution in [0.5, 0.6) is 0 Å². The third-order valence-electron chi connectivity index (χ3n) is 4.57. The Morgan fingerprint density at radius 1 is 1.10 bits per heavy atom. The molecule has 112 valence electrons. The molecule has 2 nitrogen and oxygen atoms in total. The Labute approximate surface area is 132 Å². The van der Waals surface area contributed by atoms with Crippen molar-refractivity contribution in [3.63, 3.8) is 0 Å². The van der Waals surface area contributed by atoms with E-state index in [-0.39, 0.29) is 0 Å². The van der Waals surface area contributed by atoms with Gasteiger partial charge in [0.2, 0.25) is 0 Å². The molecule has 3 heteroatoms. The topological polar surface area (TPSA) is 35.8 Å². The van der Waals surface area contributed by atoms with Gasteiger partial charge in [-0.3, -0.25) is 5.32 Å². The molecule has 0 heterocycles. The molecule has 1 aromatic carbocycles. The molecule has 2 saturated carbocycles. The number of hydrogen-bond donors (Lipinski definition) is 1. The summed E-state index contributed by atoms with van der Waals surface area (Å²) in [5, 5.41) is 14.3. The normalized spacial score (nSPS) is 22.4. The van der Waals surface area contributed by atoms with Crippen molar-refractivity contribution in [2.45, 2.75) is 61.8 Å². The van der Waals surface area contributed by atoms with Gasteiger partial charge in [-0.15, -0.1) is 0 Å². The van der Waals surface area contributed by atoms with Crippen LogP contribution in [0.15, 0.2) is 30.3 Å². The molecule has 0 spiro atoms. The number of hydrogen-bond acceptors (Lipinski definition) is 3. The summed E-state index contributed by atoms with van der Waals surface area (Å²) in [7, 11) is 0. The van der Waals surface area contributed by atoms with E-state index in [2.05, 4.69) is 23.5 Å². The zero-order valence-corrected chi connectivity index (χ0v) is 13.4. The molecule has 0 aliphatic heterocycles. The van der Waals surface area contributed by atoms with Gasteiger partial charge in [-0.1, -0.05) is 49.6 Å². The first kappa shape index (κ1) is 14.9. The molecule has 21 heavy (non-hydrogen) atoms. The lowest BCUT2D eigenvalue weighted by atomic mass is 9.93. The summed E-state index contributed by atoms with van der Waals surface area (Å²) < 4.78 is 0. The van der Waals surface area contributed by atoms with Crippen LogP contribution >= 0.6 is 11.8 Å². The number of benzene rings is 1. The third kappa shape index (κ3) is 3.81. The Bertz CT molecular complexity index is 486. The lowest BCUT2D eigenvalue weighted by molar-refractivity contribution is 0.466. The van der Waals surface area contributed by atoms with Crippen LogP contribution in [0.3, 0.4) is 0 Å². The maximum atomic E-state index is 9.91. The van der Waals surface area contributed by atoms with Crippen LogP contribution < -0.4 is 5.32 Å². The molecular formula is C18H24N2S. The van der Waals surface area contributed by atoms with E-state index >= 15 is 0 Å². The van der Waals surface area contributed by atoms with Crippen LogP contribution in [0.2, 0.25) is 0 Å². The van der Waals surface area contributed by atoms with Crippen LogP contribution in [0.1, 0.15) is 50.5 Å². The van der Waals surface area contributed by atoms with Crippen molar-refractivity contribution in [1.29, 1.82) is 5.26 Å². The quantitative estimate of drug-likeness (QED) is 0.854. The molecule has 2 aliphatic rings. The predicted octanol–water partition coefficient (Wildman–Crippen LogP) is 4.22. The van der Waals surface area contributed by atoms with Crippen molar-refractivity contribution >= 4 is 11.8 Å². The molecule has 2 fully saturated rings. The first-order valence-corrected chi connectivity index (χ1v) is 9.23. The molecular weight excluding hydrogens is 276 g/mol. The van der Waals surface area contributed by atoms with Crippen LogP contribution in [0, 0.1) is 11.3 Å². The van der Waals surface area contributed by atoms with Crippen LogP contribution in [-0.2, 0) is 5.54 Å². The molecule has 0 aromatic heterocycles. The second-order valence-electron chi connectivity index (χ2n) is 6.37. The molecule has 0 bridgehead atoms. The zero-order valence-electron chi connectivity index (χ0n) is 12.6. The lowest BCUT2D eigenvalue weighted by Gasteiger charge is -2.31. The number of nitrogens with zero attached hydrogens (tertiary/aromatic N) is 1. The number of nitrogens with one attached hydrogen (secondary N) is 1. The Morgan fingerprint density at radius 2 is 1.81 bits per heavy atom. The second-order valence-corrected chi connectivity index (χ2v) is 7.66. The van der Waals surface area contributed by atoms with Crippen LogP contribution in [0.25, 0.3) is 0 Å². The van der Waals surface area contributed by atoms with Gasteiger partial charge in [0.25, 0.3) is 0 Å². The van der Waals surface area contributed by atoms with Crippen molar-refractivity contribution in [1.82, 2.24) is 5.32 Å². The predicted molar refractivity (Wildman–Crippen MR) is 89.2 cm³/mol. The van der Waals surface area contributed by atoms with Gasteiger partial charge in [-0.05, 0) is 31.2 Å². The lowest BCUT2D eigenvalue weighted by Crippen LogP contribution is -2.45. The monoisotopic (exact) mass is 300 g/mol. The summed E-state index contributed by atoms with van der Waals surface area (Å²) in [5.74, 6) is 0.870. The average molecular weight is 300 g/mol. The van der Waals surface area contributed by atoms with E-state index in [4.69, 9.17) is 0 Å². The highest BCUT2D eigenvalue weighted by molar-refractivity contribution is 7.99. The van der Waals surface area contributed by atoms with Gasteiger partial charge in [-0.25, -0.2) is 0 Å². The highest BCUT2D eigenvalue weighted by Gasteiger charge is 2.38. The summed E-state index contributed by atoms with van der Waals surface area (Å²) in [6.07, 6.45) is 9.18. The zero-order chi connectivity index (χ0) is 14.5. The Morgan fingerprint density at radius 3 is 2.43 bits per heavy atom. The van der Waals surface area contributed by atoms with Gasteiger partial charge in [-0.2, -0.15) is 17.0 Å². The summed E-state index contributed by atoms with van der Waals surface area (Å²) >= 11 is 2.01. The summed E-state index contributed by atoms with van der Waals surface area (Å²) in [5.41, 5.74) is 0.618. The summed E-state index contributed by atoms with van der Waals surface area (Å²) in [4.78, 5) is 0. The fourth-order valence-corrected chi connectivity index (χ4v) is 4.58. The van der Waals surface area contributed by atoms with Crippen molar-refractivity contribution in [3.05, 3.63) is 35.9 Å². The molecule has 1 aromatic rings. The molecule has 1 N–H and O–H groups in total. The van der Waals surface area contributed by atoms with Gasteiger partial charge in [0, 0.05) is 17.0 Å². The SMILES string of the molecule is N#CC(CSC1CCCCC1)(NC1CC1)c1ccccc1. The van der Waals surface area contributed by atoms with Crippen LogP contribution in [-0.4, -0.2) is 17.0 Å².